The number of amides is 2. The fourth-order valence-electron chi connectivity index (χ4n) is 5.55. The number of carbonyl (C=O) groups excluding carboxylic acids is 2. The van der Waals surface area contributed by atoms with E-state index in [1.54, 1.807) is 18.2 Å². The van der Waals surface area contributed by atoms with Crippen LogP contribution in [0.3, 0.4) is 0 Å². The van der Waals surface area contributed by atoms with E-state index in [2.05, 4.69) is 47.5 Å². The lowest BCUT2D eigenvalue weighted by Crippen LogP contribution is -2.51. The average Bonchev–Trinajstić information content (AvgIpc) is 3.25. The van der Waals surface area contributed by atoms with E-state index in [0.29, 0.717) is 41.8 Å². The molecule has 3 aromatic rings. The van der Waals surface area contributed by atoms with E-state index in [4.69, 9.17) is 23.2 Å². The third kappa shape index (κ3) is 5.30. The fourth-order valence-corrected chi connectivity index (χ4v) is 6.75. The van der Waals surface area contributed by atoms with Crippen molar-refractivity contribution in [1.29, 1.82) is 0 Å². The predicted molar refractivity (Wildman–Crippen MR) is 151 cm³/mol. The molecule has 1 aromatic heterocycles. The van der Waals surface area contributed by atoms with Crippen molar-refractivity contribution in [2.75, 3.05) is 32.7 Å². The summed E-state index contributed by atoms with van der Waals surface area (Å²) in [5, 5.41) is 2.96. The molecular weight excluding hydrogens is 525 g/mol. The Labute approximate surface area is 232 Å². The number of hydrogen-bond donors (Lipinski definition) is 0. The monoisotopic (exact) mass is 555 g/mol. The maximum Gasteiger partial charge on any atom is 0.253 e. The predicted octanol–water partition coefficient (Wildman–Crippen LogP) is 6.07. The molecule has 0 saturated carbocycles. The number of halogens is 2. The van der Waals surface area contributed by atoms with Crippen molar-refractivity contribution in [2.45, 2.75) is 38.8 Å². The molecule has 2 amide bonds. The van der Waals surface area contributed by atoms with Gasteiger partial charge in [0.2, 0.25) is 5.91 Å². The molecule has 194 valence electrons. The lowest BCUT2D eigenvalue weighted by molar-refractivity contribution is -0.137. The molecule has 0 N–H and O–H groups in total. The first-order valence-electron chi connectivity index (χ1n) is 12.8. The minimum atomic E-state index is -0.269. The molecule has 0 spiro atoms. The van der Waals surface area contributed by atoms with Crippen molar-refractivity contribution in [3.63, 3.8) is 0 Å². The van der Waals surface area contributed by atoms with Crippen LogP contribution in [0, 0.1) is 6.92 Å². The fraction of sp³-hybridized carbons (Fsp3) is 0.379. The van der Waals surface area contributed by atoms with Crippen LogP contribution >= 0.6 is 34.5 Å². The molecule has 0 aliphatic carbocycles. The summed E-state index contributed by atoms with van der Waals surface area (Å²) in [5.41, 5.74) is 4.33. The van der Waals surface area contributed by atoms with Gasteiger partial charge in [0.1, 0.15) is 0 Å². The molecular formula is C29H31Cl2N3O2S. The Kier molecular flexibility index (Phi) is 7.91. The first-order valence-corrected chi connectivity index (χ1v) is 14.4. The summed E-state index contributed by atoms with van der Waals surface area (Å²) in [7, 11) is 0. The van der Waals surface area contributed by atoms with Gasteiger partial charge in [-0.05, 0) is 73.0 Å². The van der Waals surface area contributed by atoms with Gasteiger partial charge in [-0.25, -0.2) is 0 Å². The van der Waals surface area contributed by atoms with Crippen molar-refractivity contribution in [1.82, 2.24) is 14.7 Å². The second kappa shape index (κ2) is 11.2. The van der Waals surface area contributed by atoms with Crippen LogP contribution in [0.5, 0.6) is 0 Å². The number of rotatable bonds is 4. The van der Waals surface area contributed by atoms with E-state index in [0.717, 1.165) is 19.4 Å². The Bertz CT molecular complexity index is 1310. The molecule has 1 fully saturated rings. The molecule has 0 bridgehead atoms. The van der Waals surface area contributed by atoms with Crippen molar-refractivity contribution >= 4 is 46.4 Å². The molecule has 8 heteroatoms. The lowest BCUT2D eigenvalue weighted by Gasteiger charge is -2.41. The van der Waals surface area contributed by atoms with Crippen LogP contribution < -0.4 is 0 Å². The third-order valence-electron chi connectivity index (χ3n) is 7.60. The van der Waals surface area contributed by atoms with Gasteiger partial charge in [0.25, 0.3) is 5.91 Å². The SMILES string of the molecule is Cc1ccccc1[C@@H]1c2ccsc2CCN1[C@@H](C)C(=O)N1CCCN(C(=O)c2ccc(Cl)c(Cl)c2)CC1. The highest BCUT2D eigenvalue weighted by atomic mass is 35.5. The lowest BCUT2D eigenvalue weighted by atomic mass is 9.89. The number of nitrogens with zero attached hydrogens (tertiary/aromatic N) is 3. The molecule has 37 heavy (non-hydrogen) atoms. The van der Waals surface area contributed by atoms with Gasteiger partial charge in [-0.3, -0.25) is 14.5 Å². The maximum absolute atomic E-state index is 13.8. The highest BCUT2D eigenvalue weighted by Crippen LogP contribution is 2.40. The molecule has 0 radical (unpaired) electrons. The van der Waals surface area contributed by atoms with Crippen LogP contribution in [0.2, 0.25) is 10.0 Å². The Balaban J connectivity index is 1.32. The standard InChI is InChI=1S/C29H31Cl2N3O2S/c1-19-6-3-4-7-22(19)27-23-11-17-37-26(23)10-14-34(27)20(2)28(35)32-12-5-13-33(16-15-32)29(36)21-8-9-24(30)25(31)18-21/h3-4,6-9,11,17-18,20,27H,5,10,12-16H2,1-2H3/t20-,27+/m0/s1. The number of hydrogen-bond acceptors (Lipinski definition) is 4. The molecule has 2 aliphatic heterocycles. The number of aryl methyl sites for hydroxylation is 1. The Morgan fingerprint density at radius 3 is 2.46 bits per heavy atom. The molecule has 2 aliphatic rings. The molecule has 2 atom stereocenters. The molecule has 2 aromatic carbocycles. The van der Waals surface area contributed by atoms with E-state index in [1.807, 2.05) is 28.1 Å². The number of thiophene rings is 1. The van der Waals surface area contributed by atoms with E-state index < -0.39 is 0 Å². The highest BCUT2D eigenvalue weighted by Gasteiger charge is 2.37. The Morgan fingerprint density at radius 2 is 1.68 bits per heavy atom. The van der Waals surface area contributed by atoms with Crippen molar-refractivity contribution in [2.24, 2.45) is 0 Å². The van der Waals surface area contributed by atoms with Crippen molar-refractivity contribution < 1.29 is 9.59 Å². The normalized spacial score (nSPS) is 19.3. The van der Waals surface area contributed by atoms with Gasteiger partial charge in [-0.15, -0.1) is 11.3 Å². The van der Waals surface area contributed by atoms with Crippen LogP contribution in [0.25, 0.3) is 0 Å². The second-order valence-electron chi connectivity index (χ2n) is 9.82. The Morgan fingerprint density at radius 1 is 0.919 bits per heavy atom. The van der Waals surface area contributed by atoms with Crippen LogP contribution in [0.1, 0.15) is 51.3 Å². The van der Waals surface area contributed by atoms with Crippen molar-refractivity contribution in [3.05, 3.63) is 91.1 Å². The van der Waals surface area contributed by atoms with E-state index in [1.165, 1.54) is 21.6 Å². The summed E-state index contributed by atoms with van der Waals surface area (Å²) in [6, 6.07) is 15.5. The van der Waals surface area contributed by atoms with Gasteiger partial charge < -0.3 is 9.80 Å². The van der Waals surface area contributed by atoms with E-state index in [9.17, 15) is 9.59 Å². The quantitative estimate of drug-likeness (QED) is 0.392. The summed E-state index contributed by atoms with van der Waals surface area (Å²) in [6.07, 6.45) is 1.69. The molecule has 5 nitrogen and oxygen atoms in total. The molecule has 0 unspecified atom stereocenters. The van der Waals surface area contributed by atoms with Gasteiger partial charge in [0.15, 0.2) is 0 Å². The minimum Gasteiger partial charge on any atom is -0.340 e. The zero-order chi connectivity index (χ0) is 26.1. The molecule has 3 heterocycles. The van der Waals surface area contributed by atoms with Crippen LogP contribution in [0.15, 0.2) is 53.9 Å². The molecule has 5 rings (SSSR count). The first kappa shape index (κ1) is 26.2. The maximum atomic E-state index is 13.8. The van der Waals surface area contributed by atoms with Gasteiger partial charge >= 0.3 is 0 Å². The summed E-state index contributed by atoms with van der Waals surface area (Å²) in [5.74, 6) is 0.0441. The van der Waals surface area contributed by atoms with Gasteiger partial charge in [0.05, 0.1) is 22.1 Å². The smallest absolute Gasteiger partial charge is 0.253 e. The zero-order valence-corrected chi connectivity index (χ0v) is 23.5. The highest BCUT2D eigenvalue weighted by molar-refractivity contribution is 7.10. The number of fused-ring (bicyclic) bond motifs is 1. The number of benzene rings is 2. The molecule has 1 saturated heterocycles. The summed E-state index contributed by atoms with van der Waals surface area (Å²) < 4.78 is 0. The third-order valence-corrected chi connectivity index (χ3v) is 9.34. The van der Waals surface area contributed by atoms with Crippen LogP contribution in [0.4, 0.5) is 0 Å². The van der Waals surface area contributed by atoms with Gasteiger partial charge in [-0.2, -0.15) is 0 Å². The zero-order valence-electron chi connectivity index (χ0n) is 21.1. The van der Waals surface area contributed by atoms with E-state index >= 15 is 0 Å². The summed E-state index contributed by atoms with van der Waals surface area (Å²) in [4.78, 5) is 34.5. The van der Waals surface area contributed by atoms with Crippen LogP contribution in [-0.2, 0) is 11.2 Å². The topological polar surface area (TPSA) is 43.9 Å². The van der Waals surface area contributed by atoms with Gasteiger partial charge in [0, 0.05) is 43.2 Å². The second-order valence-corrected chi connectivity index (χ2v) is 11.6. The first-order chi connectivity index (χ1) is 17.8. The summed E-state index contributed by atoms with van der Waals surface area (Å²) in [6.45, 7) is 7.28. The number of carbonyl (C=O) groups is 2. The minimum absolute atomic E-state index is 0.0647. The Hall–Kier alpha value is -2.38. The van der Waals surface area contributed by atoms with Crippen LogP contribution in [-0.4, -0.2) is 65.3 Å². The van der Waals surface area contributed by atoms with Gasteiger partial charge in [-0.1, -0.05) is 47.5 Å². The van der Waals surface area contributed by atoms with Crippen molar-refractivity contribution in [3.8, 4) is 0 Å². The summed E-state index contributed by atoms with van der Waals surface area (Å²) >= 11 is 14.0. The van der Waals surface area contributed by atoms with E-state index in [-0.39, 0.29) is 23.9 Å². The largest absolute Gasteiger partial charge is 0.340 e. The average molecular weight is 557 g/mol.